The van der Waals surface area contributed by atoms with Crippen molar-refractivity contribution in [3.63, 3.8) is 0 Å². The van der Waals surface area contributed by atoms with Crippen LogP contribution in [0.5, 0.6) is 0 Å². The number of pyridine rings is 1. The van der Waals surface area contributed by atoms with Gasteiger partial charge >= 0.3 is 0 Å². The van der Waals surface area contributed by atoms with E-state index in [1.54, 1.807) is 33.8 Å². The molecule has 0 spiro atoms. The van der Waals surface area contributed by atoms with Gasteiger partial charge in [-0.05, 0) is 33.8 Å². The molecule has 0 aliphatic rings. The van der Waals surface area contributed by atoms with Crippen molar-refractivity contribution < 1.29 is 14.4 Å². The molecule has 19 heavy (non-hydrogen) atoms. The van der Waals surface area contributed by atoms with Gasteiger partial charge < -0.3 is 14.9 Å². The van der Waals surface area contributed by atoms with Crippen molar-refractivity contribution in [1.82, 2.24) is 15.5 Å². The molecule has 2 aromatic rings. The van der Waals surface area contributed by atoms with Gasteiger partial charge in [-0.2, -0.15) is 0 Å². The summed E-state index contributed by atoms with van der Waals surface area (Å²) >= 11 is 0. The molecule has 0 aliphatic carbocycles. The van der Waals surface area contributed by atoms with E-state index >= 15 is 0 Å². The number of aryl methyl sites for hydroxylation is 1. The summed E-state index contributed by atoms with van der Waals surface area (Å²) in [4.78, 5) is 16.2. The normalized spacial score (nSPS) is 13.5. The highest BCUT2D eigenvalue weighted by Crippen LogP contribution is 2.17. The van der Waals surface area contributed by atoms with E-state index < -0.39 is 11.6 Å². The van der Waals surface area contributed by atoms with Gasteiger partial charge in [-0.25, -0.2) is 4.98 Å². The van der Waals surface area contributed by atoms with Gasteiger partial charge in [0.2, 0.25) is 0 Å². The van der Waals surface area contributed by atoms with Gasteiger partial charge in [0.15, 0.2) is 0 Å². The summed E-state index contributed by atoms with van der Waals surface area (Å²) in [5.74, 6) is -0.291. The summed E-state index contributed by atoms with van der Waals surface area (Å²) in [5.41, 5.74) is 0.790. The van der Waals surface area contributed by atoms with Crippen LogP contribution < -0.4 is 5.32 Å². The lowest BCUT2D eigenvalue weighted by Gasteiger charge is -2.29. The molecule has 1 unspecified atom stereocenters. The van der Waals surface area contributed by atoms with Crippen molar-refractivity contribution in [2.75, 3.05) is 0 Å². The third-order valence-electron chi connectivity index (χ3n) is 3.25. The van der Waals surface area contributed by atoms with Crippen molar-refractivity contribution in [3.05, 3.63) is 23.5 Å². The third-order valence-corrected chi connectivity index (χ3v) is 3.25. The van der Waals surface area contributed by atoms with Crippen molar-refractivity contribution in [3.8, 4) is 0 Å². The van der Waals surface area contributed by atoms with E-state index in [0.717, 1.165) is 0 Å². The zero-order valence-electron chi connectivity index (χ0n) is 11.4. The molecule has 0 fully saturated rings. The summed E-state index contributed by atoms with van der Waals surface area (Å²) in [6.45, 7) is 6.93. The number of amides is 1. The predicted molar refractivity (Wildman–Crippen MR) is 69.8 cm³/mol. The maximum atomic E-state index is 12.1. The molecule has 6 nitrogen and oxygen atoms in total. The van der Waals surface area contributed by atoms with Crippen LogP contribution in [-0.2, 0) is 0 Å². The summed E-state index contributed by atoms with van der Waals surface area (Å²) in [5, 5.41) is 16.9. The summed E-state index contributed by atoms with van der Waals surface area (Å²) in [6.07, 6.45) is 0.769. The smallest absolute Gasteiger partial charge is 0.257 e. The first kappa shape index (κ1) is 13.5. The van der Waals surface area contributed by atoms with Crippen molar-refractivity contribution in [2.45, 2.75) is 39.3 Å². The number of fused-ring (bicyclic) bond motifs is 1. The van der Waals surface area contributed by atoms with Crippen LogP contribution in [0.25, 0.3) is 11.1 Å². The number of aliphatic hydroxyl groups excluding tert-OH is 1. The van der Waals surface area contributed by atoms with Gasteiger partial charge in [-0.3, -0.25) is 4.79 Å². The standard InChI is InChI=1S/C13H17N3O3/c1-7-10-5-9(6-14-12(10)19-16-7)11(18)15-13(3,4)8(2)17/h5-6,8,17H,1-4H3,(H,15,18). The van der Waals surface area contributed by atoms with Gasteiger partial charge in [0.25, 0.3) is 11.6 Å². The Morgan fingerprint density at radius 3 is 2.84 bits per heavy atom. The minimum Gasteiger partial charge on any atom is -0.391 e. The second-order valence-electron chi connectivity index (χ2n) is 5.20. The number of nitrogens with one attached hydrogen (secondary N) is 1. The van der Waals surface area contributed by atoms with Gasteiger partial charge in [0.05, 0.1) is 28.3 Å². The van der Waals surface area contributed by atoms with Crippen LogP contribution in [0, 0.1) is 6.92 Å². The zero-order chi connectivity index (χ0) is 14.2. The SMILES string of the molecule is Cc1noc2ncc(C(=O)NC(C)(C)C(C)O)cc12. The van der Waals surface area contributed by atoms with Crippen LogP contribution in [0.3, 0.4) is 0 Å². The molecule has 2 N–H and O–H groups in total. The minimum absolute atomic E-state index is 0.291. The summed E-state index contributed by atoms with van der Waals surface area (Å²) in [6, 6.07) is 1.68. The average molecular weight is 263 g/mol. The molecule has 0 saturated carbocycles. The van der Waals surface area contributed by atoms with Gasteiger partial charge in [-0.15, -0.1) is 0 Å². The fraction of sp³-hybridized carbons (Fsp3) is 0.462. The summed E-state index contributed by atoms with van der Waals surface area (Å²) < 4.78 is 4.99. The Labute approximate surface area is 110 Å². The molecule has 1 amide bonds. The molecule has 0 saturated heterocycles. The Kier molecular flexibility index (Phi) is 3.28. The highest BCUT2D eigenvalue weighted by molar-refractivity contribution is 5.97. The lowest BCUT2D eigenvalue weighted by Crippen LogP contribution is -2.51. The predicted octanol–water partition coefficient (Wildman–Crippen LogP) is 1.42. The molecule has 0 bridgehead atoms. The number of hydrogen-bond donors (Lipinski definition) is 2. The summed E-state index contributed by atoms with van der Waals surface area (Å²) in [7, 11) is 0. The van der Waals surface area contributed by atoms with Crippen LogP contribution in [0.2, 0.25) is 0 Å². The fourth-order valence-electron chi connectivity index (χ4n) is 1.54. The lowest BCUT2D eigenvalue weighted by molar-refractivity contribution is 0.0709. The molecule has 2 heterocycles. The van der Waals surface area contributed by atoms with E-state index in [0.29, 0.717) is 22.4 Å². The van der Waals surface area contributed by atoms with Crippen LogP contribution >= 0.6 is 0 Å². The number of hydrogen-bond acceptors (Lipinski definition) is 5. The number of aliphatic hydroxyl groups is 1. The highest BCUT2D eigenvalue weighted by atomic mass is 16.5. The Morgan fingerprint density at radius 2 is 2.21 bits per heavy atom. The number of carbonyl (C=O) groups is 1. The van der Waals surface area contributed by atoms with Crippen LogP contribution in [0.1, 0.15) is 36.8 Å². The van der Waals surface area contributed by atoms with Gasteiger partial charge in [-0.1, -0.05) is 5.16 Å². The van der Waals surface area contributed by atoms with E-state index in [9.17, 15) is 9.90 Å². The van der Waals surface area contributed by atoms with E-state index in [1.807, 2.05) is 0 Å². The largest absolute Gasteiger partial charge is 0.391 e. The molecule has 102 valence electrons. The van der Waals surface area contributed by atoms with Crippen molar-refractivity contribution in [1.29, 1.82) is 0 Å². The first-order valence-corrected chi connectivity index (χ1v) is 6.04. The van der Waals surface area contributed by atoms with E-state index in [-0.39, 0.29) is 5.91 Å². The maximum absolute atomic E-state index is 12.1. The van der Waals surface area contributed by atoms with Crippen LogP contribution in [0.4, 0.5) is 0 Å². The minimum atomic E-state index is -0.713. The second kappa shape index (κ2) is 4.62. The van der Waals surface area contributed by atoms with Crippen LogP contribution in [0.15, 0.2) is 16.8 Å². The Hall–Kier alpha value is -1.95. The molecule has 0 radical (unpaired) electrons. The van der Waals surface area contributed by atoms with Crippen molar-refractivity contribution >= 4 is 17.0 Å². The number of carbonyl (C=O) groups excluding carboxylic acids is 1. The molecule has 6 heteroatoms. The highest BCUT2D eigenvalue weighted by Gasteiger charge is 2.26. The number of aromatic nitrogens is 2. The van der Waals surface area contributed by atoms with E-state index in [4.69, 9.17) is 4.52 Å². The fourth-order valence-corrected chi connectivity index (χ4v) is 1.54. The first-order valence-electron chi connectivity index (χ1n) is 6.04. The van der Waals surface area contributed by atoms with Gasteiger partial charge in [0, 0.05) is 6.20 Å². The number of nitrogens with zero attached hydrogens (tertiary/aromatic N) is 2. The van der Waals surface area contributed by atoms with Gasteiger partial charge in [0.1, 0.15) is 0 Å². The monoisotopic (exact) mass is 263 g/mol. The topological polar surface area (TPSA) is 88.2 Å². The number of rotatable bonds is 3. The quantitative estimate of drug-likeness (QED) is 0.874. The molecular formula is C13H17N3O3. The molecule has 2 aromatic heterocycles. The van der Waals surface area contributed by atoms with E-state index in [1.165, 1.54) is 6.20 Å². The lowest BCUT2D eigenvalue weighted by atomic mass is 9.98. The Bertz CT molecular complexity index is 617. The third kappa shape index (κ3) is 2.58. The molecule has 0 aliphatic heterocycles. The van der Waals surface area contributed by atoms with Crippen LogP contribution in [-0.4, -0.2) is 32.8 Å². The molecule has 1 atom stereocenters. The van der Waals surface area contributed by atoms with E-state index in [2.05, 4.69) is 15.5 Å². The van der Waals surface area contributed by atoms with Crippen molar-refractivity contribution in [2.24, 2.45) is 0 Å². The maximum Gasteiger partial charge on any atom is 0.257 e. The average Bonchev–Trinajstić information content (AvgIpc) is 2.70. The Morgan fingerprint density at radius 1 is 1.53 bits per heavy atom. The molecule has 2 rings (SSSR count). The zero-order valence-corrected chi connectivity index (χ0v) is 11.4. The molecular weight excluding hydrogens is 246 g/mol. The molecule has 0 aromatic carbocycles. The first-order chi connectivity index (χ1) is 8.81. The Balaban J connectivity index is 2.29. The second-order valence-corrected chi connectivity index (χ2v) is 5.20.